The molecule has 1 N–H and O–H groups in total. The third-order valence-corrected chi connectivity index (χ3v) is 7.57. The molecule has 0 saturated heterocycles. The summed E-state index contributed by atoms with van der Waals surface area (Å²) in [7, 11) is 2.97. The van der Waals surface area contributed by atoms with Crippen LogP contribution in [0.3, 0.4) is 0 Å². The van der Waals surface area contributed by atoms with Crippen LogP contribution in [0.15, 0.2) is 59.5 Å². The summed E-state index contributed by atoms with van der Waals surface area (Å²) in [5, 5.41) is 3.01. The van der Waals surface area contributed by atoms with Gasteiger partial charge in [0.05, 0.1) is 46.1 Å². The van der Waals surface area contributed by atoms with E-state index in [1.165, 1.54) is 65.9 Å². The molecule has 0 unspecified atom stereocenters. The zero-order valence-electron chi connectivity index (χ0n) is 21.6. The first kappa shape index (κ1) is 28.7. The van der Waals surface area contributed by atoms with Crippen molar-refractivity contribution in [3.8, 4) is 28.7 Å². The summed E-state index contributed by atoms with van der Waals surface area (Å²) >= 11 is 6.20. The standard InChI is InChI=1S/C26H29ClN2O8S/c1-33-21-10-7-18(27)13-20(21)29(38(31,32)19-8-11-23(35-3)25(14-19)37-5)16-26(30)28-15-17-6-9-22(34-2)24(12-17)36-4/h6-14H,15-16H2,1-5H3,(H,28,30). The van der Waals surface area contributed by atoms with Crippen molar-refractivity contribution in [2.75, 3.05) is 46.4 Å². The number of benzene rings is 3. The molecule has 0 aliphatic carbocycles. The van der Waals surface area contributed by atoms with Crippen LogP contribution in [0.4, 0.5) is 5.69 Å². The molecular weight excluding hydrogens is 536 g/mol. The zero-order chi connectivity index (χ0) is 27.9. The Morgan fingerprint density at radius 3 is 1.92 bits per heavy atom. The number of nitrogens with one attached hydrogen (secondary N) is 1. The van der Waals surface area contributed by atoms with E-state index in [0.717, 1.165) is 9.87 Å². The summed E-state index contributed by atoms with van der Waals surface area (Å²) in [5.74, 6) is 1.26. The summed E-state index contributed by atoms with van der Waals surface area (Å²) in [4.78, 5) is 13.0. The second-order valence-corrected chi connectivity index (χ2v) is 10.1. The molecule has 3 rings (SSSR count). The number of methoxy groups -OCH3 is 5. The second kappa shape index (κ2) is 12.6. The highest BCUT2D eigenvalue weighted by Crippen LogP contribution is 2.37. The van der Waals surface area contributed by atoms with Crippen LogP contribution < -0.4 is 33.3 Å². The van der Waals surface area contributed by atoms with Crippen molar-refractivity contribution in [2.45, 2.75) is 11.4 Å². The Balaban J connectivity index is 1.96. The smallest absolute Gasteiger partial charge is 0.265 e. The highest BCUT2D eigenvalue weighted by Gasteiger charge is 2.30. The van der Waals surface area contributed by atoms with Crippen LogP contribution in [0.25, 0.3) is 0 Å². The lowest BCUT2D eigenvalue weighted by Crippen LogP contribution is -2.40. The molecule has 0 heterocycles. The number of halogens is 1. The molecule has 204 valence electrons. The van der Waals surface area contributed by atoms with Gasteiger partial charge < -0.3 is 29.0 Å². The minimum Gasteiger partial charge on any atom is -0.495 e. The summed E-state index contributed by atoms with van der Waals surface area (Å²) < 4.78 is 55.1. The molecule has 0 saturated carbocycles. The maximum Gasteiger partial charge on any atom is 0.265 e. The molecule has 0 radical (unpaired) electrons. The molecule has 3 aromatic carbocycles. The topological polar surface area (TPSA) is 113 Å². The molecule has 0 atom stereocenters. The van der Waals surface area contributed by atoms with Crippen molar-refractivity contribution >= 4 is 33.2 Å². The molecule has 0 bridgehead atoms. The summed E-state index contributed by atoms with van der Waals surface area (Å²) in [6.45, 7) is -0.434. The van der Waals surface area contributed by atoms with Crippen LogP contribution in [0.2, 0.25) is 5.02 Å². The molecule has 38 heavy (non-hydrogen) atoms. The molecular formula is C26H29ClN2O8S. The summed E-state index contributed by atoms with van der Waals surface area (Å²) in [6.07, 6.45) is 0. The predicted octanol–water partition coefficient (Wildman–Crippen LogP) is 3.89. The largest absolute Gasteiger partial charge is 0.495 e. The van der Waals surface area contributed by atoms with Gasteiger partial charge in [0.15, 0.2) is 23.0 Å². The Morgan fingerprint density at radius 2 is 1.32 bits per heavy atom. The molecule has 0 fully saturated rings. The van der Waals surface area contributed by atoms with Crippen LogP contribution in [-0.2, 0) is 21.4 Å². The Labute approximate surface area is 227 Å². The molecule has 3 aromatic rings. The Hall–Kier alpha value is -3.83. The van der Waals surface area contributed by atoms with E-state index in [1.54, 1.807) is 24.3 Å². The van der Waals surface area contributed by atoms with E-state index >= 15 is 0 Å². The monoisotopic (exact) mass is 564 g/mol. The van der Waals surface area contributed by atoms with Gasteiger partial charge in [-0.2, -0.15) is 0 Å². The van der Waals surface area contributed by atoms with Gasteiger partial charge in [0.1, 0.15) is 12.3 Å². The first-order chi connectivity index (χ1) is 18.2. The lowest BCUT2D eigenvalue weighted by molar-refractivity contribution is -0.119. The van der Waals surface area contributed by atoms with Crippen LogP contribution in [-0.4, -0.2) is 56.4 Å². The Morgan fingerprint density at radius 1 is 0.763 bits per heavy atom. The van der Waals surface area contributed by atoms with Crippen molar-refractivity contribution in [2.24, 2.45) is 0 Å². The molecule has 10 nitrogen and oxygen atoms in total. The first-order valence-electron chi connectivity index (χ1n) is 11.2. The van der Waals surface area contributed by atoms with Crippen molar-refractivity contribution in [3.05, 3.63) is 65.2 Å². The predicted molar refractivity (Wildman–Crippen MR) is 143 cm³/mol. The van der Waals surface area contributed by atoms with Gasteiger partial charge in [-0.15, -0.1) is 0 Å². The number of carbonyl (C=O) groups excluding carboxylic acids is 1. The quantitative estimate of drug-likeness (QED) is 0.352. The molecule has 1 amide bonds. The fourth-order valence-corrected chi connectivity index (χ4v) is 5.25. The van der Waals surface area contributed by atoms with E-state index in [0.29, 0.717) is 17.2 Å². The van der Waals surface area contributed by atoms with E-state index < -0.39 is 22.5 Å². The van der Waals surface area contributed by atoms with Gasteiger partial charge in [0.25, 0.3) is 10.0 Å². The number of amides is 1. The highest BCUT2D eigenvalue weighted by molar-refractivity contribution is 7.92. The average molecular weight is 565 g/mol. The Kier molecular flexibility index (Phi) is 9.54. The van der Waals surface area contributed by atoms with Gasteiger partial charge in [-0.1, -0.05) is 17.7 Å². The SMILES string of the molecule is COc1ccc(CNC(=O)CN(c2cc(Cl)ccc2OC)S(=O)(=O)c2ccc(OC)c(OC)c2)cc1OC. The number of anilines is 1. The normalized spacial score (nSPS) is 10.9. The van der Waals surface area contributed by atoms with Crippen LogP contribution in [0, 0.1) is 0 Å². The van der Waals surface area contributed by atoms with Gasteiger partial charge in [-0.3, -0.25) is 9.10 Å². The average Bonchev–Trinajstić information content (AvgIpc) is 2.93. The van der Waals surface area contributed by atoms with E-state index in [-0.39, 0.29) is 33.6 Å². The van der Waals surface area contributed by atoms with Crippen molar-refractivity contribution in [1.82, 2.24) is 5.32 Å². The number of ether oxygens (including phenoxy) is 5. The number of sulfonamides is 1. The maximum atomic E-state index is 13.9. The number of hydrogen-bond acceptors (Lipinski definition) is 8. The van der Waals surface area contributed by atoms with Gasteiger partial charge in [0.2, 0.25) is 5.91 Å². The fraction of sp³-hybridized carbons (Fsp3) is 0.269. The van der Waals surface area contributed by atoms with Gasteiger partial charge in [-0.25, -0.2) is 8.42 Å². The summed E-state index contributed by atoms with van der Waals surface area (Å²) in [5.41, 5.74) is 0.821. The number of hydrogen-bond donors (Lipinski definition) is 1. The molecule has 0 aliphatic heterocycles. The van der Waals surface area contributed by atoms with Crippen LogP contribution in [0.1, 0.15) is 5.56 Å². The van der Waals surface area contributed by atoms with Crippen molar-refractivity contribution in [3.63, 3.8) is 0 Å². The third kappa shape index (κ3) is 6.35. The minimum absolute atomic E-state index is 0.0936. The lowest BCUT2D eigenvalue weighted by Gasteiger charge is -2.26. The van der Waals surface area contributed by atoms with E-state index in [9.17, 15) is 13.2 Å². The molecule has 0 aromatic heterocycles. The van der Waals surface area contributed by atoms with Crippen molar-refractivity contribution in [1.29, 1.82) is 0 Å². The molecule has 0 aliphatic rings. The maximum absolute atomic E-state index is 13.9. The highest BCUT2D eigenvalue weighted by atomic mass is 35.5. The van der Waals surface area contributed by atoms with Gasteiger partial charge >= 0.3 is 0 Å². The molecule has 0 spiro atoms. The minimum atomic E-state index is -4.30. The van der Waals surface area contributed by atoms with Gasteiger partial charge in [0, 0.05) is 17.6 Å². The lowest BCUT2D eigenvalue weighted by atomic mass is 10.2. The first-order valence-corrected chi connectivity index (χ1v) is 13.1. The zero-order valence-corrected chi connectivity index (χ0v) is 23.2. The summed E-state index contributed by atoms with van der Waals surface area (Å²) in [6, 6.07) is 13.8. The number of rotatable bonds is 12. The fourth-order valence-electron chi connectivity index (χ4n) is 3.64. The van der Waals surface area contributed by atoms with Crippen molar-refractivity contribution < 1.29 is 36.9 Å². The second-order valence-electron chi connectivity index (χ2n) is 7.81. The van der Waals surface area contributed by atoms with Gasteiger partial charge in [-0.05, 0) is 48.0 Å². The number of nitrogens with zero attached hydrogens (tertiary/aromatic N) is 1. The Bertz CT molecular complexity index is 1400. The molecule has 12 heteroatoms. The van der Waals surface area contributed by atoms with E-state index in [2.05, 4.69) is 5.32 Å². The van der Waals surface area contributed by atoms with Crippen LogP contribution in [0.5, 0.6) is 28.7 Å². The van der Waals surface area contributed by atoms with E-state index in [4.69, 9.17) is 35.3 Å². The number of carbonyl (C=O) groups is 1. The third-order valence-electron chi connectivity index (χ3n) is 5.58. The van der Waals surface area contributed by atoms with E-state index in [1.807, 2.05) is 0 Å². The van der Waals surface area contributed by atoms with Crippen LogP contribution >= 0.6 is 11.6 Å².